The second kappa shape index (κ2) is 8.48. The predicted molar refractivity (Wildman–Crippen MR) is 73.6 cm³/mol. The van der Waals surface area contributed by atoms with E-state index in [0.29, 0.717) is 25.0 Å². The highest BCUT2D eigenvalue weighted by Crippen LogP contribution is 2.08. The van der Waals surface area contributed by atoms with E-state index in [1.165, 1.54) is 0 Å². The fourth-order valence-electron chi connectivity index (χ4n) is 2.16. The molecule has 106 valence electrons. The highest BCUT2D eigenvalue weighted by atomic mass is 16.5. The van der Waals surface area contributed by atoms with Gasteiger partial charge in [-0.2, -0.15) is 0 Å². The molecular formula is C14H28N2O2. The summed E-state index contributed by atoms with van der Waals surface area (Å²) in [4.78, 5) is 13.7. The van der Waals surface area contributed by atoms with Crippen molar-refractivity contribution in [1.82, 2.24) is 10.2 Å². The van der Waals surface area contributed by atoms with Gasteiger partial charge < -0.3 is 15.0 Å². The second-order valence-electron chi connectivity index (χ2n) is 5.36. The zero-order valence-corrected chi connectivity index (χ0v) is 12.1. The molecule has 0 aromatic carbocycles. The Kier molecular flexibility index (Phi) is 7.28. The molecule has 0 saturated carbocycles. The van der Waals surface area contributed by atoms with Crippen molar-refractivity contribution in [3.05, 3.63) is 0 Å². The summed E-state index contributed by atoms with van der Waals surface area (Å²) in [6.45, 7) is 7.81. The fourth-order valence-corrected chi connectivity index (χ4v) is 2.16. The minimum Gasteiger partial charge on any atom is -0.378 e. The average Bonchev–Trinajstić information content (AvgIpc) is 2.39. The Hall–Kier alpha value is -0.610. The van der Waals surface area contributed by atoms with Crippen LogP contribution in [-0.2, 0) is 9.53 Å². The molecule has 1 amide bonds. The van der Waals surface area contributed by atoms with Crippen molar-refractivity contribution < 1.29 is 9.53 Å². The Labute approximate surface area is 111 Å². The molecule has 1 aliphatic rings. The summed E-state index contributed by atoms with van der Waals surface area (Å²) in [7, 11) is 1.89. The molecule has 1 aliphatic heterocycles. The number of carbonyl (C=O) groups is 1. The van der Waals surface area contributed by atoms with Crippen LogP contribution in [0.1, 0.15) is 39.5 Å². The van der Waals surface area contributed by atoms with Gasteiger partial charge in [-0.1, -0.05) is 20.3 Å². The number of ether oxygens (including phenoxy) is 1. The minimum atomic E-state index is 0.198. The first kappa shape index (κ1) is 15.4. The van der Waals surface area contributed by atoms with Gasteiger partial charge in [-0.3, -0.25) is 4.79 Å². The van der Waals surface area contributed by atoms with Gasteiger partial charge in [0.2, 0.25) is 5.91 Å². The Balaban J connectivity index is 2.11. The van der Waals surface area contributed by atoms with Gasteiger partial charge in [-0.25, -0.2) is 0 Å². The molecule has 0 spiro atoms. The van der Waals surface area contributed by atoms with Gasteiger partial charge in [0.1, 0.15) is 0 Å². The van der Waals surface area contributed by atoms with E-state index < -0.39 is 0 Å². The number of amides is 1. The van der Waals surface area contributed by atoms with Crippen molar-refractivity contribution in [2.75, 3.05) is 33.3 Å². The molecule has 4 heteroatoms. The lowest BCUT2D eigenvalue weighted by Crippen LogP contribution is -2.34. The van der Waals surface area contributed by atoms with Crippen molar-refractivity contribution in [3.8, 4) is 0 Å². The van der Waals surface area contributed by atoms with Crippen LogP contribution < -0.4 is 5.32 Å². The van der Waals surface area contributed by atoms with Crippen LogP contribution in [0.2, 0.25) is 0 Å². The second-order valence-corrected chi connectivity index (χ2v) is 5.36. The molecule has 1 rings (SSSR count). The lowest BCUT2D eigenvalue weighted by Gasteiger charge is -2.24. The van der Waals surface area contributed by atoms with Gasteiger partial charge in [0.15, 0.2) is 0 Å². The van der Waals surface area contributed by atoms with E-state index in [4.69, 9.17) is 4.74 Å². The summed E-state index contributed by atoms with van der Waals surface area (Å²) in [5.74, 6) is 0.772. The van der Waals surface area contributed by atoms with Crippen LogP contribution in [-0.4, -0.2) is 50.2 Å². The molecule has 1 unspecified atom stereocenters. The maximum Gasteiger partial charge on any atom is 0.224 e. The maximum atomic E-state index is 11.9. The average molecular weight is 256 g/mol. The van der Waals surface area contributed by atoms with E-state index in [9.17, 15) is 4.79 Å². The van der Waals surface area contributed by atoms with Crippen molar-refractivity contribution in [2.24, 2.45) is 5.92 Å². The zero-order chi connectivity index (χ0) is 13.4. The first-order chi connectivity index (χ1) is 8.63. The minimum absolute atomic E-state index is 0.198. The number of rotatable bonds is 7. The summed E-state index contributed by atoms with van der Waals surface area (Å²) in [5, 5.41) is 3.30. The van der Waals surface area contributed by atoms with Crippen LogP contribution in [0.5, 0.6) is 0 Å². The smallest absolute Gasteiger partial charge is 0.224 e. The molecule has 1 N–H and O–H groups in total. The topological polar surface area (TPSA) is 41.6 Å². The Morgan fingerprint density at radius 2 is 2.11 bits per heavy atom. The molecule has 0 aromatic heterocycles. The number of nitrogens with one attached hydrogen (secondary N) is 1. The summed E-state index contributed by atoms with van der Waals surface area (Å²) >= 11 is 0. The normalized spacial score (nSPS) is 18.6. The van der Waals surface area contributed by atoms with Crippen LogP contribution in [0.15, 0.2) is 0 Å². The van der Waals surface area contributed by atoms with Crippen LogP contribution in [0.3, 0.4) is 0 Å². The van der Waals surface area contributed by atoms with Crippen molar-refractivity contribution in [2.45, 2.75) is 45.6 Å². The summed E-state index contributed by atoms with van der Waals surface area (Å²) in [5.41, 5.74) is 0. The number of carbonyl (C=O) groups excluding carboxylic acids is 1. The zero-order valence-electron chi connectivity index (χ0n) is 12.1. The van der Waals surface area contributed by atoms with E-state index in [0.717, 1.165) is 38.9 Å². The van der Waals surface area contributed by atoms with Gasteiger partial charge in [-0.15, -0.1) is 0 Å². The van der Waals surface area contributed by atoms with Crippen LogP contribution in [0.4, 0.5) is 0 Å². The van der Waals surface area contributed by atoms with Gasteiger partial charge in [0, 0.05) is 13.6 Å². The molecule has 1 atom stereocenters. The monoisotopic (exact) mass is 256 g/mol. The number of nitrogens with zero attached hydrogens (tertiary/aromatic N) is 1. The lowest BCUT2D eigenvalue weighted by atomic mass is 10.1. The summed E-state index contributed by atoms with van der Waals surface area (Å²) in [6.07, 6.45) is 4.10. The number of hydrogen-bond acceptors (Lipinski definition) is 3. The molecule has 1 saturated heterocycles. The Bertz CT molecular complexity index is 240. The van der Waals surface area contributed by atoms with E-state index in [-0.39, 0.29) is 5.91 Å². The standard InChI is InChI=1S/C14H28N2O2/c1-4-12(2)11-16(3)14(17)7-10-18-13-5-8-15-9-6-13/h12-13,15H,4-11H2,1-3H3. The third-order valence-electron chi connectivity index (χ3n) is 3.66. The lowest BCUT2D eigenvalue weighted by molar-refractivity contribution is -0.132. The fraction of sp³-hybridized carbons (Fsp3) is 0.929. The molecule has 1 fully saturated rings. The Morgan fingerprint density at radius 1 is 1.44 bits per heavy atom. The summed E-state index contributed by atoms with van der Waals surface area (Å²) < 4.78 is 5.75. The third kappa shape index (κ3) is 5.83. The van der Waals surface area contributed by atoms with Crippen molar-refractivity contribution in [1.29, 1.82) is 0 Å². The van der Waals surface area contributed by atoms with E-state index in [2.05, 4.69) is 19.2 Å². The first-order valence-electron chi connectivity index (χ1n) is 7.19. The SMILES string of the molecule is CCC(C)CN(C)C(=O)CCOC1CCNCC1. The van der Waals surface area contributed by atoms with Gasteiger partial charge in [0.25, 0.3) is 0 Å². The van der Waals surface area contributed by atoms with E-state index >= 15 is 0 Å². The van der Waals surface area contributed by atoms with Gasteiger partial charge in [-0.05, 0) is 31.8 Å². The molecular weight excluding hydrogens is 228 g/mol. The first-order valence-corrected chi connectivity index (χ1v) is 7.19. The number of hydrogen-bond donors (Lipinski definition) is 1. The molecule has 0 radical (unpaired) electrons. The maximum absolute atomic E-state index is 11.9. The highest BCUT2D eigenvalue weighted by molar-refractivity contribution is 5.75. The molecule has 4 nitrogen and oxygen atoms in total. The van der Waals surface area contributed by atoms with Crippen LogP contribution >= 0.6 is 0 Å². The predicted octanol–water partition coefficient (Wildman–Crippen LogP) is 1.65. The highest BCUT2D eigenvalue weighted by Gasteiger charge is 2.15. The molecule has 18 heavy (non-hydrogen) atoms. The quantitative estimate of drug-likeness (QED) is 0.753. The third-order valence-corrected chi connectivity index (χ3v) is 3.66. The van der Waals surface area contributed by atoms with Crippen molar-refractivity contribution in [3.63, 3.8) is 0 Å². The van der Waals surface area contributed by atoms with Crippen LogP contribution in [0.25, 0.3) is 0 Å². The van der Waals surface area contributed by atoms with Gasteiger partial charge in [0.05, 0.1) is 19.1 Å². The van der Waals surface area contributed by atoms with Gasteiger partial charge >= 0.3 is 0 Å². The molecule has 0 aliphatic carbocycles. The molecule has 0 aromatic rings. The summed E-state index contributed by atoms with van der Waals surface area (Å²) in [6, 6.07) is 0. The van der Waals surface area contributed by atoms with E-state index in [1.807, 2.05) is 11.9 Å². The van der Waals surface area contributed by atoms with Crippen molar-refractivity contribution >= 4 is 5.91 Å². The Morgan fingerprint density at radius 3 is 2.72 bits per heavy atom. The molecule has 1 heterocycles. The van der Waals surface area contributed by atoms with E-state index in [1.54, 1.807) is 0 Å². The largest absolute Gasteiger partial charge is 0.378 e. The molecule has 0 bridgehead atoms. The number of piperidine rings is 1. The van der Waals surface area contributed by atoms with Crippen LogP contribution in [0, 0.1) is 5.92 Å².